The Morgan fingerprint density at radius 2 is 1.69 bits per heavy atom. The first kappa shape index (κ1) is 38.9. The number of nitrogens with zero attached hydrogens (tertiary/aromatic N) is 3. The van der Waals surface area contributed by atoms with Gasteiger partial charge in [0.15, 0.2) is 0 Å². The molecule has 2 N–H and O–H groups in total. The number of anilines is 3. The van der Waals surface area contributed by atoms with E-state index in [2.05, 4.69) is 34.4 Å². The van der Waals surface area contributed by atoms with Gasteiger partial charge in [0, 0.05) is 23.2 Å². The van der Waals surface area contributed by atoms with Crippen LogP contribution in [-0.2, 0) is 4.79 Å². The summed E-state index contributed by atoms with van der Waals surface area (Å²) in [6, 6.07) is 30.1. The predicted octanol–water partition coefficient (Wildman–Crippen LogP) is 11.5. The Bertz CT molecular complexity index is 2270. The van der Waals surface area contributed by atoms with Crippen LogP contribution >= 0.6 is 11.6 Å². The summed E-state index contributed by atoms with van der Waals surface area (Å²) in [4.78, 5) is 31.6. The van der Waals surface area contributed by atoms with Crippen molar-refractivity contribution < 1.29 is 23.6 Å². The van der Waals surface area contributed by atoms with E-state index < -0.39 is 10.7 Å². The zero-order valence-corrected chi connectivity index (χ0v) is 30.9. The van der Waals surface area contributed by atoms with Crippen LogP contribution in [0.1, 0.15) is 32.8 Å². The van der Waals surface area contributed by atoms with Crippen LogP contribution in [0.4, 0.5) is 27.3 Å². The molecule has 0 fully saturated rings. The molecule has 54 heavy (non-hydrogen) atoms. The quantitative estimate of drug-likeness (QED) is 0.0719. The minimum absolute atomic E-state index is 0.00290. The number of hydrogen-bond acceptors (Lipinski definition) is 8. The van der Waals surface area contributed by atoms with Gasteiger partial charge in [-0.25, -0.2) is 14.4 Å². The molecule has 1 amide bonds. The number of aromatic nitrogens is 2. The molecule has 1 aromatic heterocycles. The van der Waals surface area contributed by atoms with E-state index in [0.717, 1.165) is 23.1 Å². The summed E-state index contributed by atoms with van der Waals surface area (Å²) in [5.41, 5.74) is 4.75. The van der Waals surface area contributed by atoms with Crippen LogP contribution in [0.3, 0.4) is 0 Å². The summed E-state index contributed by atoms with van der Waals surface area (Å²) in [6.45, 7) is 8.34. The number of aryl methyl sites for hydroxylation is 1. The fourth-order valence-corrected chi connectivity index (χ4v) is 5.40. The van der Waals surface area contributed by atoms with E-state index in [1.165, 1.54) is 30.6 Å². The molecule has 0 bridgehead atoms. The Balaban J connectivity index is 0.000000217. The molecule has 276 valence electrons. The average molecular weight is 748 g/mol. The van der Waals surface area contributed by atoms with Gasteiger partial charge in [-0.1, -0.05) is 80.1 Å². The number of fused-ring (bicyclic) bond motifs is 1. The van der Waals surface area contributed by atoms with E-state index >= 15 is 0 Å². The molecular weight excluding hydrogens is 709 g/mol. The number of benzene rings is 5. The maximum absolute atomic E-state index is 13.5. The molecule has 0 unspecified atom stereocenters. The standard InChI is InChI=1S/C23H24ClFN4O2.C19H15NO3/c1-4-31-21-12-19-16(11-20(21)29-22(30)7-5-6-14(2)3)23(27-13-26-19)28-15-8-9-18(25)17(24)10-15;1-14-7-12-18(20(21)22)19(13-14)23-17-10-8-16(9-11-17)15-5-3-2-4-6-15/h5,7-14H,4,6H2,1-3H3,(H,29,30)(H,26,27,28);2-13H,1H3/b7-5+;. The van der Waals surface area contributed by atoms with Gasteiger partial charge in [-0.3, -0.25) is 14.9 Å². The van der Waals surface area contributed by atoms with Gasteiger partial charge >= 0.3 is 5.69 Å². The zero-order valence-electron chi connectivity index (χ0n) is 30.2. The lowest BCUT2D eigenvalue weighted by Crippen LogP contribution is -2.10. The highest BCUT2D eigenvalue weighted by atomic mass is 35.5. The summed E-state index contributed by atoms with van der Waals surface area (Å²) >= 11 is 5.88. The van der Waals surface area contributed by atoms with E-state index in [9.17, 15) is 19.3 Å². The lowest BCUT2D eigenvalue weighted by atomic mass is 10.1. The number of amides is 1. The maximum atomic E-state index is 13.5. The number of nitro groups is 1. The lowest BCUT2D eigenvalue weighted by molar-refractivity contribution is -0.385. The number of rotatable bonds is 12. The van der Waals surface area contributed by atoms with Gasteiger partial charge in [0.05, 0.1) is 27.8 Å². The number of allylic oxidation sites excluding steroid dienone is 1. The lowest BCUT2D eigenvalue weighted by Gasteiger charge is -2.14. The molecule has 0 aliphatic carbocycles. The fraction of sp³-hybridized carbons (Fsp3) is 0.167. The molecule has 1 heterocycles. The summed E-state index contributed by atoms with van der Waals surface area (Å²) in [5.74, 6) is 1.53. The van der Waals surface area contributed by atoms with Gasteiger partial charge in [0.25, 0.3) is 0 Å². The van der Waals surface area contributed by atoms with Crippen LogP contribution in [0.2, 0.25) is 5.02 Å². The Kier molecular flexibility index (Phi) is 13.3. The zero-order chi connectivity index (χ0) is 38.6. The van der Waals surface area contributed by atoms with Crippen LogP contribution < -0.4 is 20.1 Å². The van der Waals surface area contributed by atoms with Crippen LogP contribution in [0, 0.1) is 28.8 Å². The highest BCUT2D eigenvalue weighted by molar-refractivity contribution is 6.31. The van der Waals surface area contributed by atoms with Crippen molar-refractivity contribution in [3.8, 4) is 28.4 Å². The fourth-order valence-electron chi connectivity index (χ4n) is 5.22. The van der Waals surface area contributed by atoms with E-state index in [4.69, 9.17) is 21.1 Å². The third kappa shape index (κ3) is 10.6. The Morgan fingerprint density at radius 3 is 2.37 bits per heavy atom. The summed E-state index contributed by atoms with van der Waals surface area (Å²) in [5, 5.41) is 17.7. The molecule has 12 heteroatoms. The van der Waals surface area contributed by atoms with Crippen LogP contribution in [0.5, 0.6) is 17.2 Å². The van der Waals surface area contributed by atoms with Gasteiger partial charge in [-0.15, -0.1) is 0 Å². The Hall–Kier alpha value is -6.33. The first-order valence-electron chi connectivity index (χ1n) is 17.2. The number of carbonyl (C=O) groups excluding carboxylic acids is 1. The molecular formula is C42H39ClFN5O5. The summed E-state index contributed by atoms with van der Waals surface area (Å²) in [6.07, 6.45) is 5.58. The molecule has 0 saturated heterocycles. The van der Waals surface area contributed by atoms with Crippen LogP contribution in [0.15, 0.2) is 122 Å². The molecule has 6 aromatic rings. The molecule has 0 saturated carbocycles. The molecule has 0 aliphatic heterocycles. The maximum Gasteiger partial charge on any atom is 0.311 e. The minimum atomic E-state index is -0.503. The third-order valence-electron chi connectivity index (χ3n) is 7.85. The number of nitrogens with one attached hydrogen (secondary N) is 2. The summed E-state index contributed by atoms with van der Waals surface area (Å²) in [7, 11) is 0. The largest absolute Gasteiger partial charge is 0.492 e. The van der Waals surface area contributed by atoms with Crippen molar-refractivity contribution in [2.45, 2.75) is 34.1 Å². The van der Waals surface area contributed by atoms with Gasteiger partial charge in [0.1, 0.15) is 29.5 Å². The van der Waals surface area contributed by atoms with Crippen molar-refractivity contribution in [3.63, 3.8) is 0 Å². The van der Waals surface area contributed by atoms with Crippen molar-refractivity contribution in [2.75, 3.05) is 17.2 Å². The molecule has 0 spiro atoms. The topological polar surface area (TPSA) is 129 Å². The number of hydrogen-bond donors (Lipinski definition) is 2. The van der Waals surface area contributed by atoms with Gasteiger partial charge in [0.2, 0.25) is 11.7 Å². The molecule has 0 radical (unpaired) electrons. The molecule has 0 atom stereocenters. The first-order valence-corrected chi connectivity index (χ1v) is 17.6. The predicted molar refractivity (Wildman–Crippen MR) is 212 cm³/mol. The molecule has 10 nitrogen and oxygen atoms in total. The number of carbonyl (C=O) groups is 1. The van der Waals surface area contributed by atoms with E-state index in [1.54, 1.807) is 30.3 Å². The first-order chi connectivity index (χ1) is 26.0. The van der Waals surface area contributed by atoms with E-state index in [1.807, 2.05) is 74.5 Å². The van der Waals surface area contributed by atoms with Crippen molar-refractivity contribution in [1.29, 1.82) is 0 Å². The Labute approximate surface area is 317 Å². The number of ether oxygens (including phenoxy) is 2. The SMILES string of the molecule is CCOc1cc2ncnc(Nc3ccc(F)c(Cl)c3)c2cc1NC(=O)/C=C/CC(C)C.Cc1ccc([N+](=O)[O-])c(Oc2ccc(-c3ccccc3)cc2)c1. The van der Waals surface area contributed by atoms with E-state index in [0.29, 0.717) is 52.1 Å². The van der Waals surface area contributed by atoms with Gasteiger partial charge in [-0.2, -0.15) is 0 Å². The average Bonchev–Trinajstić information content (AvgIpc) is 3.14. The van der Waals surface area contributed by atoms with Crippen molar-refractivity contribution in [1.82, 2.24) is 9.97 Å². The molecule has 6 rings (SSSR count). The van der Waals surface area contributed by atoms with Crippen LogP contribution in [-0.4, -0.2) is 27.4 Å². The highest BCUT2D eigenvalue weighted by Gasteiger charge is 2.16. The second-order valence-corrected chi connectivity index (χ2v) is 12.9. The van der Waals surface area contributed by atoms with Crippen LogP contribution in [0.25, 0.3) is 22.0 Å². The highest BCUT2D eigenvalue weighted by Crippen LogP contribution is 2.35. The van der Waals surface area contributed by atoms with Gasteiger partial charge in [-0.05, 0) is 91.4 Å². The summed E-state index contributed by atoms with van der Waals surface area (Å²) < 4.78 is 24.9. The van der Waals surface area contributed by atoms with Crippen molar-refractivity contribution in [3.05, 3.63) is 148 Å². The minimum Gasteiger partial charge on any atom is -0.492 e. The van der Waals surface area contributed by atoms with Crippen molar-refractivity contribution >= 4 is 51.3 Å². The number of halogens is 2. The second kappa shape index (κ2) is 18.4. The second-order valence-electron chi connectivity index (χ2n) is 12.5. The third-order valence-corrected chi connectivity index (χ3v) is 8.14. The number of nitro benzene ring substituents is 1. The monoisotopic (exact) mass is 747 g/mol. The normalized spacial score (nSPS) is 10.9. The Morgan fingerprint density at radius 1 is 0.944 bits per heavy atom. The molecule has 0 aliphatic rings. The van der Waals surface area contributed by atoms with E-state index in [-0.39, 0.29) is 22.4 Å². The van der Waals surface area contributed by atoms with Crippen molar-refractivity contribution in [2.24, 2.45) is 5.92 Å². The smallest absolute Gasteiger partial charge is 0.311 e. The molecule has 5 aromatic carbocycles. The van der Waals surface area contributed by atoms with Gasteiger partial charge < -0.3 is 20.1 Å².